The van der Waals surface area contributed by atoms with Gasteiger partial charge in [0.25, 0.3) is 0 Å². The number of carbonyl (C=O) groups is 1. The lowest BCUT2D eigenvalue weighted by molar-refractivity contribution is -0.127. The van der Waals surface area contributed by atoms with Gasteiger partial charge >= 0.3 is 0 Å². The summed E-state index contributed by atoms with van der Waals surface area (Å²) in [5.41, 5.74) is 0. The van der Waals surface area contributed by atoms with E-state index in [-0.39, 0.29) is 12.5 Å². The van der Waals surface area contributed by atoms with E-state index in [9.17, 15) is 4.79 Å². The molecule has 0 bridgehead atoms. The van der Waals surface area contributed by atoms with Crippen LogP contribution in [0.25, 0.3) is 0 Å². The maximum Gasteiger partial charge on any atom is 0.243 e. The highest BCUT2D eigenvalue weighted by Crippen LogP contribution is 1.90. The molecule has 0 aromatic carbocycles. The molecule has 0 aromatic rings. The van der Waals surface area contributed by atoms with Gasteiger partial charge in [-0.3, -0.25) is 4.79 Å². The molecule has 7 nitrogen and oxygen atoms in total. The Morgan fingerprint density at radius 2 is 1.96 bits per heavy atom. The first-order valence-corrected chi connectivity index (χ1v) is 8.33. The van der Waals surface area contributed by atoms with Gasteiger partial charge in [0.1, 0.15) is 6.54 Å². The molecule has 1 atom stereocenters. The number of methoxy groups -OCH3 is 1. The van der Waals surface area contributed by atoms with E-state index in [1.54, 1.807) is 26.1 Å². The number of ether oxygens (including phenoxy) is 1. The quantitative estimate of drug-likeness (QED) is 0.326. The molecule has 0 aliphatic rings. The molecular formula is C16H35N5O2. The van der Waals surface area contributed by atoms with Gasteiger partial charge < -0.3 is 25.2 Å². The average molecular weight is 329 g/mol. The molecule has 0 radical (unpaired) electrons. The molecule has 0 saturated heterocycles. The fraction of sp³-hybridized carbons (Fsp3) is 0.875. The number of hydrogen-bond donors (Lipinski definition) is 2. The largest absolute Gasteiger partial charge is 0.385 e. The molecule has 0 spiro atoms. The molecular weight excluding hydrogens is 294 g/mol. The first-order valence-electron chi connectivity index (χ1n) is 8.33. The van der Waals surface area contributed by atoms with Gasteiger partial charge in [-0.1, -0.05) is 6.92 Å². The first kappa shape index (κ1) is 21.7. The zero-order valence-electron chi connectivity index (χ0n) is 15.7. The molecule has 0 saturated carbocycles. The summed E-state index contributed by atoms with van der Waals surface area (Å²) in [6.07, 6.45) is 2.02. The van der Waals surface area contributed by atoms with Crippen molar-refractivity contribution in [1.29, 1.82) is 0 Å². The van der Waals surface area contributed by atoms with Crippen molar-refractivity contribution in [3.05, 3.63) is 0 Å². The van der Waals surface area contributed by atoms with Crippen LogP contribution in [-0.2, 0) is 9.53 Å². The van der Waals surface area contributed by atoms with E-state index >= 15 is 0 Å². The Bertz CT molecular complexity index is 347. The van der Waals surface area contributed by atoms with Gasteiger partial charge in [-0.25, -0.2) is 4.99 Å². The third-order valence-corrected chi connectivity index (χ3v) is 3.54. The molecule has 0 heterocycles. The van der Waals surface area contributed by atoms with Crippen molar-refractivity contribution in [2.75, 3.05) is 61.0 Å². The van der Waals surface area contributed by atoms with Gasteiger partial charge in [0.2, 0.25) is 5.91 Å². The predicted octanol–water partition coefficient (Wildman–Crippen LogP) is 0.377. The van der Waals surface area contributed by atoms with Gasteiger partial charge in [0, 0.05) is 53.5 Å². The second kappa shape index (κ2) is 13.1. The Labute approximate surface area is 141 Å². The summed E-state index contributed by atoms with van der Waals surface area (Å²) < 4.78 is 5.06. The minimum Gasteiger partial charge on any atom is -0.385 e. The standard InChI is InChI=1S/C16H35N5O2/c1-7-14(2)19-16(18-13-15(22)20(3)4)17-9-11-21(5)10-8-12-23-6/h14H,7-13H2,1-6H3,(H2,17,18,19). The number of nitrogens with one attached hydrogen (secondary N) is 2. The van der Waals surface area contributed by atoms with E-state index in [2.05, 4.69) is 41.4 Å². The SMILES string of the molecule is CCC(C)NC(=NCC(=O)N(C)C)NCCN(C)CCCOC. The molecule has 1 unspecified atom stereocenters. The van der Waals surface area contributed by atoms with Crippen LogP contribution < -0.4 is 10.6 Å². The number of rotatable bonds is 11. The van der Waals surface area contributed by atoms with Crippen LogP contribution in [0.4, 0.5) is 0 Å². The summed E-state index contributed by atoms with van der Waals surface area (Å²) in [7, 11) is 7.29. The van der Waals surface area contributed by atoms with Crippen LogP contribution in [0.5, 0.6) is 0 Å². The maximum absolute atomic E-state index is 11.7. The lowest BCUT2D eigenvalue weighted by Gasteiger charge is -2.20. The smallest absolute Gasteiger partial charge is 0.243 e. The van der Waals surface area contributed by atoms with Crippen LogP contribution in [0.15, 0.2) is 4.99 Å². The number of amides is 1. The van der Waals surface area contributed by atoms with Gasteiger partial charge in [-0.15, -0.1) is 0 Å². The van der Waals surface area contributed by atoms with Crippen molar-refractivity contribution < 1.29 is 9.53 Å². The van der Waals surface area contributed by atoms with Gasteiger partial charge in [-0.05, 0) is 26.8 Å². The van der Waals surface area contributed by atoms with E-state index < -0.39 is 0 Å². The zero-order valence-corrected chi connectivity index (χ0v) is 15.7. The highest BCUT2D eigenvalue weighted by molar-refractivity contribution is 5.84. The summed E-state index contributed by atoms with van der Waals surface area (Å²) in [6, 6.07) is 0.315. The van der Waals surface area contributed by atoms with Crippen LogP contribution >= 0.6 is 0 Å². The number of carbonyl (C=O) groups excluding carboxylic acids is 1. The number of hydrogen-bond acceptors (Lipinski definition) is 4. The van der Waals surface area contributed by atoms with E-state index in [1.165, 1.54) is 0 Å². The van der Waals surface area contributed by atoms with E-state index in [1.807, 2.05) is 0 Å². The van der Waals surface area contributed by atoms with Crippen LogP contribution in [0.3, 0.4) is 0 Å². The second-order valence-corrected chi connectivity index (χ2v) is 5.98. The van der Waals surface area contributed by atoms with Crippen molar-refractivity contribution in [3.63, 3.8) is 0 Å². The lowest BCUT2D eigenvalue weighted by atomic mass is 10.3. The molecule has 0 aromatic heterocycles. The fourth-order valence-electron chi connectivity index (χ4n) is 1.73. The second-order valence-electron chi connectivity index (χ2n) is 5.98. The minimum absolute atomic E-state index is 0.00747. The Balaban J connectivity index is 4.30. The maximum atomic E-state index is 11.7. The summed E-state index contributed by atoms with van der Waals surface area (Å²) in [5.74, 6) is 0.687. The zero-order chi connectivity index (χ0) is 17.7. The molecule has 0 aliphatic heterocycles. The Kier molecular flexibility index (Phi) is 12.4. The van der Waals surface area contributed by atoms with E-state index in [0.29, 0.717) is 12.0 Å². The average Bonchev–Trinajstić information content (AvgIpc) is 2.51. The van der Waals surface area contributed by atoms with Crippen molar-refractivity contribution in [1.82, 2.24) is 20.4 Å². The Morgan fingerprint density at radius 1 is 1.26 bits per heavy atom. The molecule has 0 aliphatic carbocycles. The van der Waals surface area contributed by atoms with Gasteiger partial charge in [-0.2, -0.15) is 0 Å². The van der Waals surface area contributed by atoms with Crippen molar-refractivity contribution >= 4 is 11.9 Å². The Hall–Kier alpha value is -1.34. The van der Waals surface area contributed by atoms with Crippen molar-refractivity contribution in [3.8, 4) is 0 Å². The Morgan fingerprint density at radius 3 is 2.52 bits per heavy atom. The van der Waals surface area contributed by atoms with Crippen LogP contribution in [-0.4, -0.2) is 88.7 Å². The number of guanidine groups is 1. The highest BCUT2D eigenvalue weighted by Gasteiger charge is 2.07. The van der Waals surface area contributed by atoms with Crippen molar-refractivity contribution in [2.24, 2.45) is 4.99 Å². The number of likely N-dealkylation sites (N-methyl/N-ethyl adjacent to an activating group) is 2. The van der Waals surface area contributed by atoms with Gasteiger partial charge in [0.15, 0.2) is 5.96 Å². The van der Waals surface area contributed by atoms with E-state index in [4.69, 9.17) is 4.74 Å². The van der Waals surface area contributed by atoms with E-state index in [0.717, 1.165) is 39.1 Å². The molecule has 136 valence electrons. The lowest BCUT2D eigenvalue weighted by Crippen LogP contribution is -2.45. The summed E-state index contributed by atoms with van der Waals surface area (Å²) in [4.78, 5) is 19.8. The molecule has 1 amide bonds. The van der Waals surface area contributed by atoms with Crippen LogP contribution in [0.2, 0.25) is 0 Å². The molecule has 0 fully saturated rings. The summed E-state index contributed by atoms with van der Waals surface area (Å²) in [6.45, 7) is 7.84. The molecule has 23 heavy (non-hydrogen) atoms. The van der Waals surface area contributed by atoms with Crippen LogP contribution in [0.1, 0.15) is 26.7 Å². The normalized spacial score (nSPS) is 13.1. The first-order chi connectivity index (χ1) is 10.9. The van der Waals surface area contributed by atoms with Gasteiger partial charge in [0.05, 0.1) is 0 Å². The minimum atomic E-state index is -0.00747. The fourth-order valence-corrected chi connectivity index (χ4v) is 1.73. The number of aliphatic imine (C=N–C) groups is 1. The number of nitrogens with zero attached hydrogens (tertiary/aromatic N) is 3. The van der Waals surface area contributed by atoms with Crippen molar-refractivity contribution in [2.45, 2.75) is 32.7 Å². The molecule has 0 rings (SSSR count). The summed E-state index contributed by atoms with van der Waals surface area (Å²) >= 11 is 0. The van der Waals surface area contributed by atoms with Crippen LogP contribution in [0, 0.1) is 0 Å². The highest BCUT2D eigenvalue weighted by atomic mass is 16.5. The third-order valence-electron chi connectivity index (χ3n) is 3.54. The predicted molar refractivity (Wildman–Crippen MR) is 95.9 cm³/mol. The molecule has 7 heteroatoms. The summed E-state index contributed by atoms with van der Waals surface area (Å²) in [5, 5.41) is 6.61. The monoisotopic (exact) mass is 329 g/mol. The molecule has 2 N–H and O–H groups in total. The topological polar surface area (TPSA) is 69.2 Å². The third kappa shape index (κ3) is 11.8.